The minimum atomic E-state index is -0.551. The summed E-state index contributed by atoms with van der Waals surface area (Å²) in [6.45, 7) is 1.62. The van der Waals surface area contributed by atoms with Crippen LogP contribution >= 0.6 is 15.9 Å². The van der Waals surface area contributed by atoms with Gasteiger partial charge in [0.05, 0.1) is 10.0 Å². The Labute approximate surface area is 76.9 Å². The molecule has 1 rings (SSSR count). The van der Waals surface area contributed by atoms with Gasteiger partial charge in [-0.25, -0.2) is 0 Å². The van der Waals surface area contributed by atoms with E-state index in [9.17, 15) is 9.59 Å². The second kappa shape index (κ2) is 3.10. The topological polar surface area (TPSA) is 75.9 Å². The van der Waals surface area contributed by atoms with E-state index in [0.29, 0.717) is 15.7 Å². The van der Waals surface area contributed by atoms with Crippen molar-refractivity contribution in [2.75, 3.05) is 0 Å². The summed E-state index contributed by atoms with van der Waals surface area (Å²) >= 11 is 3.00. The number of carbonyl (C=O) groups excluding carboxylic acids is 1. The fourth-order valence-electron chi connectivity index (χ4n) is 0.854. The van der Waals surface area contributed by atoms with Crippen molar-refractivity contribution in [3.63, 3.8) is 0 Å². The maximum absolute atomic E-state index is 11.0. The van der Waals surface area contributed by atoms with Gasteiger partial charge in [0.2, 0.25) is 5.91 Å². The molecule has 0 saturated carbocycles. The highest BCUT2D eigenvalue weighted by molar-refractivity contribution is 9.10. The molecule has 0 aliphatic heterocycles. The van der Waals surface area contributed by atoms with Gasteiger partial charge in [-0.3, -0.25) is 9.59 Å². The van der Waals surface area contributed by atoms with Gasteiger partial charge in [0.25, 0.3) is 5.56 Å². The normalized spacial score (nSPS) is 9.83. The van der Waals surface area contributed by atoms with Crippen LogP contribution in [0.1, 0.15) is 16.1 Å². The average Bonchev–Trinajstić information content (AvgIpc) is 1.96. The molecule has 0 fully saturated rings. The molecule has 0 bridgehead atoms. The Kier molecular flexibility index (Phi) is 2.32. The maximum Gasteiger partial charge on any atom is 0.262 e. The van der Waals surface area contributed by atoms with Gasteiger partial charge >= 0.3 is 0 Å². The first-order chi connectivity index (χ1) is 5.52. The van der Waals surface area contributed by atoms with E-state index in [1.54, 1.807) is 6.92 Å². The highest BCUT2D eigenvalue weighted by Crippen LogP contribution is 2.08. The van der Waals surface area contributed by atoms with Gasteiger partial charge in [0.1, 0.15) is 0 Å². The second-order valence-corrected chi connectivity index (χ2v) is 3.20. The molecule has 4 nitrogen and oxygen atoms in total. The first kappa shape index (κ1) is 8.99. The van der Waals surface area contributed by atoms with Gasteiger partial charge in [-0.2, -0.15) is 0 Å². The number of nitrogens with two attached hydrogens (primary N) is 1. The lowest BCUT2D eigenvalue weighted by molar-refractivity contribution is 0.0999. The third-order valence-electron chi connectivity index (χ3n) is 1.46. The zero-order valence-electron chi connectivity index (χ0n) is 6.35. The summed E-state index contributed by atoms with van der Waals surface area (Å²) in [5.74, 6) is -0.551. The standard InChI is InChI=1S/C7H7BrN2O2/c1-3-4(6(9)11)2-5(8)7(12)10-3/h2H,1H3,(H2,9,11)(H,10,12). The number of rotatable bonds is 1. The molecule has 1 aromatic rings. The average molecular weight is 231 g/mol. The van der Waals surface area contributed by atoms with Crippen molar-refractivity contribution in [3.05, 3.63) is 32.2 Å². The number of primary amides is 1. The number of hydrogen-bond donors (Lipinski definition) is 2. The number of H-pyrrole nitrogens is 1. The van der Waals surface area contributed by atoms with Gasteiger partial charge in [0, 0.05) is 5.69 Å². The van der Waals surface area contributed by atoms with Crippen LogP contribution in [0, 0.1) is 6.92 Å². The van der Waals surface area contributed by atoms with Crippen LogP contribution in [0.2, 0.25) is 0 Å². The third-order valence-corrected chi connectivity index (χ3v) is 2.05. The van der Waals surface area contributed by atoms with Gasteiger partial charge in [-0.15, -0.1) is 0 Å². The van der Waals surface area contributed by atoms with Crippen LogP contribution in [0.25, 0.3) is 0 Å². The fourth-order valence-corrected chi connectivity index (χ4v) is 1.18. The van der Waals surface area contributed by atoms with E-state index in [1.165, 1.54) is 6.07 Å². The summed E-state index contributed by atoms with van der Waals surface area (Å²) in [5.41, 5.74) is 5.59. The van der Waals surface area contributed by atoms with E-state index in [-0.39, 0.29) is 5.56 Å². The molecule has 64 valence electrons. The van der Waals surface area contributed by atoms with Crippen molar-refractivity contribution < 1.29 is 4.79 Å². The molecule has 0 spiro atoms. The molecule has 0 saturated heterocycles. The van der Waals surface area contributed by atoms with Gasteiger partial charge in [0.15, 0.2) is 0 Å². The summed E-state index contributed by atoms with van der Waals surface area (Å²) in [4.78, 5) is 24.2. The van der Waals surface area contributed by atoms with Crippen LogP contribution in [0.5, 0.6) is 0 Å². The number of pyridine rings is 1. The number of hydrogen-bond acceptors (Lipinski definition) is 2. The summed E-state index contributed by atoms with van der Waals surface area (Å²) < 4.78 is 0.307. The van der Waals surface area contributed by atoms with Crippen LogP contribution in [0.4, 0.5) is 0 Å². The Morgan fingerprint density at radius 1 is 1.67 bits per heavy atom. The van der Waals surface area contributed by atoms with Crippen molar-refractivity contribution in [2.45, 2.75) is 6.92 Å². The Morgan fingerprint density at radius 3 is 2.75 bits per heavy atom. The second-order valence-electron chi connectivity index (χ2n) is 2.35. The van der Waals surface area contributed by atoms with E-state index in [4.69, 9.17) is 5.73 Å². The number of aromatic amines is 1. The van der Waals surface area contributed by atoms with Crippen LogP contribution in [-0.4, -0.2) is 10.9 Å². The molecule has 0 aliphatic carbocycles. The lowest BCUT2D eigenvalue weighted by Gasteiger charge is -2.00. The molecule has 0 aromatic carbocycles. The minimum Gasteiger partial charge on any atom is -0.366 e. The first-order valence-electron chi connectivity index (χ1n) is 3.21. The summed E-state index contributed by atoms with van der Waals surface area (Å²) in [5, 5.41) is 0. The van der Waals surface area contributed by atoms with E-state index >= 15 is 0 Å². The van der Waals surface area contributed by atoms with Crippen LogP contribution in [0.3, 0.4) is 0 Å². The van der Waals surface area contributed by atoms with E-state index < -0.39 is 5.91 Å². The number of aryl methyl sites for hydroxylation is 1. The number of aromatic nitrogens is 1. The van der Waals surface area contributed by atoms with Crippen molar-refractivity contribution in [3.8, 4) is 0 Å². The van der Waals surface area contributed by atoms with E-state index in [0.717, 1.165) is 0 Å². The molecular formula is C7H7BrN2O2. The summed E-state index contributed by atoms with van der Waals surface area (Å²) in [6.07, 6.45) is 0. The Bertz CT molecular complexity index is 383. The van der Waals surface area contributed by atoms with Crippen molar-refractivity contribution in [2.24, 2.45) is 5.73 Å². The molecule has 5 heteroatoms. The summed E-state index contributed by atoms with van der Waals surface area (Å²) in [7, 11) is 0. The summed E-state index contributed by atoms with van der Waals surface area (Å²) in [6, 6.07) is 1.41. The largest absolute Gasteiger partial charge is 0.366 e. The Balaban J connectivity index is 3.43. The number of carbonyl (C=O) groups is 1. The molecular weight excluding hydrogens is 224 g/mol. The molecule has 3 N–H and O–H groups in total. The monoisotopic (exact) mass is 230 g/mol. The predicted octanol–water partition coefficient (Wildman–Crippen LogP) is 0.545. The first-order valence-corrected chi connectivity index (χ1v) is 4.01. The lowest BCUT2D eigenvalue weighted by atomic mass is 10.2. The van der Waals surface area contributed by atoms with Gasteiger partial charge in [-0.05, 0) is 28.9 Å². The Hall–Kier alpha value is -1.10. The molecule has 12 heavy (non-hydrogen) atoms. The maximum atomic E-state index is 11.0. The number of amides is 1. The highest BCUT2D eigenvalue weighted by atomic mass is 79.9. The van der Waals surface area contributed by atoms with Crippen molar-refractivity contribution in [1.29, 1.82) is 0 Å². The fraction of sp³-hybridized carbons (Fsp3) is 0.143. The lowest BCUT2D eigenvalue weighted by Crippen LogP contribution is -2.18. The zero-order chi connectivity index (χ0) is 9.30. The number of halogens is 1. The third kappa shape index (κ3) is 1.55. The van der Waals surface area contributed by atoms with Crippen molar-refractivity contribution >= 4 is 21.8 Å². The predicted molar refractivity (Wildman–Crippen MR) is 48.0 cm³/mol. The van der Waals surface area contributed by atoms with Crippen LogP contribution in [0.15, 0.2) is 15.3 Å². The van der Waals surface area contributed by atoms with Crippen LogP contribution < -0.4 is 11.3 Å². The molecule has 0 aliphatic rings. The molecule has 1 aromatic heterocycles. The minimum absolute atomic E-state index is 0.266. The molecule has 1 amide bonds. The van der Waals surface area contributed by atoms with E-state index in [2.05, 4.69) is 20.9 Å². The zero-order valence-corrected chi connectivity index (χ0v) is 7.94. The smallest absolute Gasteiger partial charge is 0.262 e. The number of nitrogens with one attached hydrogen (secondary N) is 1. The van der Waals surface area contributed by atoms with Crippen LogP contribution in [-0.2, 0) is 0 Å². The van der Waals surface area contributed by atoms with Gasteiger partial charge in [-0.1, -0.05) is 0 Å². The molecule has 0 unspecified atom stereocenters. The van der Waals surface area contributed by atoms with Crippen molar-refractivity contribution in [1.82, 2.24) is 4.98 Å². The Morgan fingerprint density at radius 2 is 2.25 bits per heavy atom. The van der Waals surface area contributed by atoms with Gasteiger partial charge < -0.3 is 10.7 Å². The SMILES string of the molecule is Cc1[nH]c(=O)c(Br)cc1C(N)=O. The molecule has 0 radical (unpaired) electrons. The van der Waals surface area contributed by atoms with E-state index in [1.807, 2.05) is 0 Å². The highest BCUT2D eigenvalue weighted by Gasteiger charge is 2.07. The quantitative estimate of drug-likeness (QED) is 0.740. The molecule has 1 heterocycles. The molecule has 0 atom stereocenters.